The highest BCUT2D eigenvalue weighted by Gasteiger charge is 2.23. The number of hydrogen-bond acceptors (Lipinski definition) is 3. The van der Waals surface area contributed by atoms with Crippen molar-refractivity contribution in [3.63, 3.8) is 0 Å². The number of carbonyl (C=O) groups excluding carboxylic acids is 1. The van der Waals surface area contributed by atoms with E-state index in [0.29, 0.717) is 13.2 Å². The number of ether oxygens (including phenoxy) is 2. The number of hydrogen-bond donors (Lipinski definition) is 0. The van der Waals surface area contributed by atoms with Crippen LogP contribution in [0.5, 0.6) is 5.75 Å². The Bertz CT molecular complexity index is 381. The Morgan fingerprint density at radius 3 is 3.12 bits per heavy atom. The van der Waals surface area contributed by atoms with E-state index >= 15 is 0 Å². The van der Waals surface area contributed by atoms with Gasteiger partial charge >= 0.3 is 0 Å². The van der Waals surface area contributed by atoms with E-state index in [9.17, 15) is 4.79 Å². The smallest absolute Gasteiger partial charge is 0.175 e. The molecule has 1 aliphatic rings. The summed E-state index contributed by atoms with van der Waals surface area (Å²) in [7, 11) is 0. The van der Waals surface area contributed by atoms with Crippen LogP contribution in [0.2, 0.25) is 0 Å². The molecule has 0 radical (unpaired) electrons. The molecule has 1 atom stereocenters. The highest BCUT2D eigenvalue weighted by atomic mass is 16.5. The number of aryl methyl sites for hydroxylation is 1. The fraction of sp³-hybridized carbons (Fsp3) is 0.500. The van der Waals surface area contributed by atoms with E-state index in [-0.39, 0.29) is 18.3 Å². The second-order valence-electron chi connectivity index (χ2n) is 4.32. The lowest BCUT2D eigenvalue weighted by Gasteiger charge is -2.09. The summed E-state index contributed by atoms with van der Waals surface area (Å²) in [5, 5.41) is 0. The molecule has 1 aromatic carbocycles. The molecule has 1 saturated heterocycles. The maximum Gasteiger partial charge on any atom is 0.175 e. The summed E-state index contributed by atoms with van der Waals surface area (Å²) in [4.78, 5) is 11.8. The third kappa shape index (κ3) is 3.30. The van der Waals surface area contributed by atoms with E-state index in [1.807, 2.05) is 18.2 Å². The monoisotopic (exact) mass is 234 g/mol. The Hall–Kier alpha value is -1.35. The lowest BCUT2D eigenvalue weighted by atomic mass is 10.0. The van der Waals surface area contributed by atoms with Gasteiger partial charge in [0, 0.05) is 12.5 Å². The van der Waals surface area contributed by atoms with E-state index in [0.717, 1.165) is 18.6 Å². The van der Waals surface area contributed by atoms with Gasteiger partial charge in [0.15, 0.2) is 5.78 Å². The Morgan fingerprint density at radius 2 is 2.41 bits per heavy atom. The molecule has 0 N–H and O–H groups in total. The molecule has 3 nitrogen and oxygen atoms in total. The quantitative estimate of drug-likeness (QED) is 0.783. The molecule has 3 heteroatoms. The minimum absolute atomic E-state index is 0.0318. The van der Waals surface area contributed by atoms with Crippen LogP contribution < -0.4 is 4.74 Å². The Morgan fingerprint density at radius 1 is 1.53 bits per heavy atom. The van der Waals surface area contributed by atoms with Crippen LogP contribution >= 0.6 is 0 Å². The zero-order chi connectivity index (χ0) is 12.1. The summed E-state index contributed by atoms with van der Waals surface area (Å²) >= 11 is 0. The van der Waals surface area contributed by atoms with Crippen molar-refractivity contribution in [1.29, 1.82) is 0 Å². The molecule has 1 unspecified atom stereocenters. The van der Waals surface area contributed by atoms with E-state index in [1.165, 1.54) is 5.56 Å². The van der Waals surface area contributed by atoms with Crippen LogP contribution in [-0.4, -0.2) is 25.6 Å². The highest BCUT2D eigenvalue weighted by Crippen LogP contribution is 2.16. The average Bonchev–Trinajstić information content (AvgIpc) is 2.90. The van der Waals surface area contributed by atoms with Crippen molar-refractivity contribution in [2.24, 2.45) is 5.92 Å². The van der Waals surface area contributed by atoms with Gasteiger partial charge in [-0.15, -0.1) is 0 Å². The van der Waals surface area contributed by atoms with Gasteiger partial charge in [-0.25, -0.2) is 0 Å². The SMILES string of the molecule is CCc1cccc(OCC(=O)C2CCOC2)c1. The van der Waals surface area contributed by atoms with E-state index in [2.05, 4.69) is 13.0 Å². The van der Waals surface area contributed by atoms with Crippen molar-refractivity contribution >= 4 is 5.78 Å². The molecule has 0 aliphatic carbocycles. The Balaban J connectivity index is 1.86. The fourth-order valence-corrected chi connectivity index (χ4v) is 1.92. The molecule has 0 aromatic heterocycles. The number of ketones is 1. The first-order chi connectivity index (χ1) is 8.29. The van der Waals surface area contributed by atoms with Gasteiger partial charge in [-0.05, 0) is 30.5 Å². The normalized spacial score (nSPS) is 19.2. The Labute approximate surface area is 102 Å². The molecule has 17 heavy (non-hydrogen) atoms. The van der Waals surface area contributed by atoms with Crippen LogP contribution in [0.1, 0.15) is 18.9 Å². The van der Waals surface area contributed by atoms with Crippen molar-refractivity contribution in [2.45, 2.75) is 19.8 Å². The highest BCUT2D eigenvalue weighted by molar-refractivity contribution is 5.82. The molecule has 1 heterocycles. The summed E-state index contributed by atoms with van der Waals surface area (Å²) in [6.07, 6.45) is 1.80. The number of rotatable bonds is 5. The summed E-state index contributed by atoms with van der Waals surface area (Å²) < 4.78 is 10.7. The van der Waals surface area contributed by atoms with Gasteiger partial charge in [-0.3, -0.25) is 4.79 Å². The average molecular weight is 234 g/mol. The molecular weight excluding hydrogens is 216 g/mol. The predicted octanol–water partition coefficient (Wildman–Crippen LogP) is 2.23. The molecule has 1 aromatic rings. The maximum atomic E-state index is 11.8. The van der Waals surface area contributed by atoms with Crippen LogP contribution in [0.4, 0.5) is 0 Å². The number of Topliss-reactive ketones (excluding diaryl/α,β-unsaturated/α-hetero) is 1. The minimum atomic E-state index is 0.0318. The van der Waals surface area contributed by atoms with Crippen LogP contribution in [0.25, 0.3) is 0 Å². The summed E-state index contributed by atoms with van der Waals surface area (Å²) in [5.74, 6) is 0.949. The van der Waals surface area contributed by atoms with Crippen molar-refractivity contribution < 1.29 is 14.3 Å². The lowest BCUT2D eigenvalue weighted by molar-refractivity contribution is -0.124. The van der Waals surface area contributed by atoms with Gasteiger partial charge in [-0.1, -0.05) is 19.1 Å². The van der Waals surface area contributed by atoms with Gasteiger partial charge in [0.25, 0.3) is 0 Å². The van der Waals surface area contributed by atoms with Crippen LogP contribution in [0, 0.1) is 5.92 Å². The van der Waals surface area contributed by atoms with Gasteiger partial charge in [0.2, 0.25) is 0 Å². The fourth-order valence-electron chi connectivity index (χ4n) is 1.92. The molecular formula is C14H18O3. The lowest BCUT2D eigenvalue weighted by Crippen LogP contribution is -2.21. The predicted molar refractivity (Wildman–Crippen MR) is 65.2 cm³/mol. The van der Waals surface area contributed by atoms with Crippen LogP contribution in [0.3, 0.4) is 0 Å². The third-order valence-corrected chi connectivity index (χ3v) is 3.07. The molecule has 0 bridgehead atoms. The number of benzene rings is 1. The Kier molecular flexibility index (Phi) is 4.15. The zero-order valence-corrected chi connectivity index (χ0v) is 10.1. The maximum absolute atomic E-state index is 11.8. The summed E-state index contributed by atoms with van der Waals surface area (Å²) in [5.41, 5.74) is 1.22. The largest absolute Gasteiger partial charge is 0.486 e. The molecule has 0 amide bonds. The third-order valence-electron chi connectivity index (χ3n) is 3.07. The molecule has 0 spiro atoms. The molecule has 2 rings (SSSR count). The number of carbonyl (C=O) groups is 1. The second kappa shape index (κ2) is 5.82. The van der Waals surface area contributed by atoms with Gasteiger partial charge in [0.1, 0.15) is 12.4 Å². The minimum Gasteiger partial charge on any atom is -0.486 e. The van der Waals surface area contributed by atoms with Gasteiger partial charge in [0.05, 0.1) is 6.61 Å². The first-order valence-corrected chi connectivity index (χ1v) is 6.12. The molecule has 1 aliphatic heterocycles. The van der Waals surface area contributed by atoms with Crippen molar-refractivity contribution in [3.05, 3.63) is 29.8 Å². The first kappa shape index (κ1) is 12.1. The zero-order valence-electron chi connectivity index (χ0n) is 10.1. The second-order valence-corrected chi connectivity index (χ2v) is 4.32. The molecule has 1 fully saturated rings. The van der Waals surface area contributed by atoms with Crippen LogP contribution in [-0.2, 0) is 16.0 Å². The summed E-state index contributed by atoms with van der Waals surface area (Å²) in [6.45, 7) is 3.50. The van der Waals surface area contributed by atoms with Crippen LogP contribution in [0.15, 0.2) is 24.3 Å². The summed E-state index contributed by atoms with van der Waals surface area (Å²) in [6, 6.07) is 7.88. The van der Waals surface area contributed by atoms with E-state index in [4.69, 9.17) is 9.47 Å². The van der Waals surface area contributed by atoms with Gasteiger partial charge < -0.3 is 9.47 Å². The first-order valence-electron chi connectivity index (χ1n) is 6.12. The van der Waals surface area contributed by atoms with E-state index < -0.39 is 0 Å². The van der Waals surface area contributed by atoms with Crippen molar-refractivity contribution in [3.8, 4) is 5.75 Å². The standard InChI is InChI=1S/C14H18O3/c1-2-11-4-3-5-13(8-11)17-10-14(15)12-6-7-16-9-12/h3-5,8,12H,2,6-7,9-10H2,1H3. The van der Waals surface area contributed by atoms with Crippen molar-refractivity contribution in [2.75, 3.05) is 19.8 Å². The molecule has 92 valence electrons. The van der Waals surface area contributed by atoms with E-state index in [1.54, 1.807) is 0 Å². The van der Waals surface area contributed by atoms with Gasteiger partial charge in [-0.2, -0.15) is 0 Å². The van der Waals surface area contributed by atoms with Crippen molar-refractivity contribution in [1.82, 2.24) is 0 Å². The topological polar surface area (TPSA) is 35.5 Å². The molecule has 0 saturated carbocycles.